The molecular formula is C20H17ClN2O4S2. The Bertz CT molecular complexity index is 1220. The van der Waals surface area contributed by atoms with Gasteiger partial charge in [-0.1, -0.05) is 48.0 Å². The van der Waals surface area contributed by atoms with Crippen molar-refractivity contribution in [1.82, 2.24) is 0 Å². The Morgan fingerprint density at radius 3 is 2.10 bits per heavy atom. The summed E-state index contributed by atoms with van der Waals surface area (Å²) in [4.78, 5) is -0.0836. The monoisotopic (exact) mass is 448 g/mol. The van der Waals surface area contributed by atoms with Gasteiger partial charge in [0.1, 0.15) is 0 Å². The largest absolute Gasteiger partial charge is 0.280 e. The van der Waals surface area contributed by atoms with Crippen molar-refractivity contribution in [2.24, 2.45) is 0 Å². The highest BCUT2D eigenvalue weighted by molar-refractivity contribution is 7.95. The van der Waals surface area contributed by atoms with Crippen molar-refractivity contribution in [3.8, 4) is 0 Å². The van der Waals surface area contributed by atoms with E-state index in [9.17, 15) is 16.8 Å². The molecule has 6 nitrogen and oxygen atoms in total. The van der Waals surface area contributed by atoms with Crippen molar-refractivity contribution in [2.45, 2.75) is 4.90 Å². The van der Waals surface area contributed by atoms with Crippen molar-refractivity contribution in [2.75, 3.05) is 9.44 Å². The maximum Gasteiger partial charge on any atom is 0.261 e. The predicted octanol–water partition coefficient (Wildman–Crippen LogP) is 4.55. The molecule has 0 aliphatic heterocycles. The van der Waals surface area contributed by atoms with E-state index in [0.29, 0.717) is 10.7 Å². The number of sulfonamides is 2. The summed E-state index contributed by atoms with van der Waals surface area (Å²) in [6, 6.07) is 20.7. The molecule has 3 rings (SSSR count). The van der Waals surface area contributed by atoms with Gasteiger partial charge in [0.25, 0.3) is 20.0 Å². The number of rotatable bonds is 7. The first-order valence-electron chi connectivity index (χ1n) is 8.38. The van der Waals surface area contributed by atoms with Crippen molar-refractivity contribution >= 4 is 49.1 Å². The highest BCUT2D eigenvalue weighted by Gasteiger charge is 2.16. The average Bonchev–Trinajstić information content (AvgIpc) is 2.69. The molecule has 9 heteroatoms. The van der Waals surface area contributed by atoms with E-state index >= 15 is 0 Å². The number of hydrogen-bond acceptors (Lipinski definition) is 4. The third-order valence-electron chi connectivity index (χ3n) is 3.74. The highest BCUT2D eigenvalue weighted by Crippen LogP contribution is 2.21. The Labute approximate surface area is 175 Å². The van der Waals surface area contributed by atoms with E-state index in [2.05, 4.69) is 9.44 Å². The van der Waals surface area contributed by atoms with E-state index in [-0.39, 0.29) is 10.6 Å². The Hall–Kier alpha value is -2.81. The highest BCUT2D eigenvalue weighted by atomic mass is 35.5. The molecule has 0 spiro atoms. The lowest BCUT2D eigenvalue weighted by atomic mass is 10.2. The molecule has 0 fully saturated rings. The fourth-order valence-corrected chi connectivity index (χ4v) is 4.48. The second-order valence-electron chi connectivity index (χ2n) is 6.00. The van der Waals surface area contributed by atoms with Crippen LogP contribution >= 0.6 is 11.6 Å². The Kier molecular flexibility index (Phi) is 6.26. The van der Waals surface area contributed by atoms with Crippen LogP contribution in [-0.4, -0.2) is 16.8 Å². The van der Waals surface area contributed by atoms with Crippen LogP contribution in [0, 0.1) is 0 Å². The minimum atomic E-state index is -3.91. The van der Waals surface area contributed by atoms with E-state index in [1.165, 1.54) is 42.5 Å². The molecule has 0 aromatic heterocycles. The van der Waals surface area contributed by atoms with Crippen LogP contribution in [0.25, 0.3) is 6.08 Å². The molecule has 0 heterocycles. The molecule has 0 saturated heterocycles. The van der Waals surface area contributed by atoms with E-state index in [1.807, 2.05) is 6.07 Å². The molecule has 0 atom stereocenters. The zero-order valence-electron chi connectivity index (χ0n) is 15.0. The fourth-order valence-electron chi connectivity index (χ4n) is 2.39. The van der Waals surface area contributed by atoms with Gasteiger partial charge in [-0.3, -0.25) is 9.44 Å². The molecular weight excluding hydrogens is 432 g/mol. The van der Waals surface area contributed by atoms with Gasteiger partial charge in [-0.25, -0.2) is 16.8 Å². The molecule has 29 heavy (non-hydrogen) atoms. The average molecular weight is 449 g/mol. The molecule has 2 N–H and O–H groups in total. The summed E-state index contributed by atoms with van der Waals surface area (Å²) < 4.78 is 54.5. The van der Waals surface area contributed by atoms with Crippen LogP contribution < -0.4 is 9.44 Å². The van der Waals surface area contributed by atoms with Gasteiger partial charge >= 0.3 is 0 Å². The van der Waals surface area contributed by atoms with Crippen molar-refractivity contribution in [3.63, 3.8) is 0 Å². The van der Waals surface area contributed by atoms with Crippen LogP contribution in [0.3, 0.4) is 0 Å². The third kappa shape index (κ3) is 6.08. The summed E-state index contributed by atoms with van der Waals surface area (Å²) in [5, 5.41) is 1.50. The molecule has 0 saturated carbocycles. The normalized spacial score (nSPS) is 12.0. The summed E-state index contributed by atoms with van der Waals surface area (Å²) in [6.07, 6.45) is 1.45. The van der Waals surface area contributed by atoms with Crippen molar-refractivity contribution < 1.29 is 16.8 Å². The molecule has 0 bridgehead atoms. The van der Waals surface area contributed by atoms with E-state index < -0.39 is 20.0 Å². The second kappa shape index (κ2) is 8.69. The molecule has 0 amide bonds. The summed E-state index contributed by atoms with van der Waals surface area (Å²) >= 11 is 5.80. The summed E-state index contributed by atoms with van der Waals surface area (Å²) in [5.41, 5.74) is 1.19. The van der Waals surface area contributed by atoms with Crippen LogP contribution in [0.1, 0.15) is 5.56 Å². The van der Waals surface area contributed by atoms with Gasteiger partial charge in [0.2, 0.25) is 0 Å². The lowest BCUT2D eigenvalue weighted by molar-refractivity contribution is 0.600. The lowest BCUT2D eigenvalue weighted by Gasteiger charge is -2.10. The number of hydrogen-bond donors (Lipinski definition) is 2. The van der Waals surface area contributed by atoms with Gasteiger partial charge in [0, 0.05) is 10.7 Å². The molecule has 0 unspecified atom stereocenters. The second-order valence-corrected chi connectivity index (χ2v) is 9.69. The maximum atomic E-state index is 12.6. The standard InChI is InChI=1S/C20H17ClN2O4S2/c21-17-9-11-18(12-10-17)23-29(26,27)20-8-4-7-19(15-20)22-28(24,25)14-13-16-5-2-1-3-6-16/h1-15,22-23H. The number of benzene rings is 3. The molecule has 3 aromatic carbocycles. The summed E-state index contributed by atoms with van der Waals surface area (Å²) in [6.45, 7) is 0. The fraction of sp³-hybridized carbons (Fsp3) is 0. The molecule has 0 aliphatic rings. The molecule has 3 aromatic rings. The first-order valence-corrected chi connectivity index (χ1v) is 11.8. The summed E-state index contributed by atoms with van der Waals surface area (Å²) in [7, 11) is -7.72. The molecule has 150 valence electrons. The smallest absolute Gasteiger partial charge is 0.261 e. The number of nitrogens with one attached hydrogen (secondary N) is 2. The zero-order valence-corrected chi connectivity index (χ0v) is 17.4. The Morgan fingerprint density at radius 1 is 0.724 bits per heavy atom. The van der Waals surface area contributed by atoms with Gasteiger partial charge in [-0.2, -0.15) is 0 Å². The van der Waals surface area contributed by atoms with Gasteiger partial charge in [0.05, 0.1) is 16.0 Å². The number of anilines is 2. The van der Waals surface area contributed by atoms with Crippen LogP contribution in [-0.2, 0) is 20.0 Å². The van der Waals surface area contributed by atoms with Gasteiger partial charge < -0.3 is 0 Å². The minimum absolute atomic E-state index is 0.0836. The molecule has 0 radical (unpaired) electrons. The van der Waals surface area contributed by atoms with E-state index in [4.69, 9.17) is 11.6 Å². The quantitative estimate of drug-likeness (QED) is 0.554. The van der Waals surface area contributed by atoms with Crippen LogP contribution in [0.15, 0.2) is 89.2 Å². The first-order chi connectivity index (χ1) is 13.7. The zero-order chi connectivity index (χ0) is 20.9. The summed E-state index contributed by atoms with van der Waals surface area (Å²) in [5.74, 6) is 0. The third-order valence-corrected chi connectivity index (χ3v) is 6.39. The topological polar surface area (TPSA) is 92.3 Å². The maximum absolute atomic E-state index is 12.6. The Balaban J connectivity index is 1.78. The van der Waals surface area contributed by atoms with Gasteiger partial charge in [-0.15, -0.1) is 0 Å². The van der Waals surface area contributed by atoms with Gasteiger partial charge in [0.15, 0.2) is 0 Å². The van der Waals surface area contributed by atoms with Crippen LogP contribution in [0.5, 0.6) is 0 Å². The predicted molar refractivity (Wildman–Crippen MR) is 117 cm³/mol. The van der Waals surface area contributed by atoms with Crippen molar-refractivity contribution in [3.05, 3.63) is 94.9 Å². The minimum Gasteiger partial charge on any atom is -0.280 e. The molecule has 0 aliphatic carbocycles. The van der Waals surface area contributed by atoms with E-state index in [1.54, 1.807) is 36.4 Å². The number of halogens is 1. The Morgan fingerprint density at radius 2 is 1.41 bits per heavy atom. The van der Waals surface area contributed by atoms with Gasteiger partial charge in [-0.05, 0) is 54.1 Å². The SMILES string of the molecule is O=S(=O)(C=Cc1ccccc1)Nc1cccc(S(=O)(=O)Nc2ccc(Cl)cc2)c1. The van der Waals surface area contributed by atoms with Crippen molar-refractivity contribution in [1.29, 1.82) is 0 Å². The van der Waals surface area contributed by atoms with Crippen LogP contribution in [0.2, 0.25) is 5.02 Å². The first kappa shape index (κ1) is 20.9. The lowest BCUT2D eigenvalue weighted by Crippen LogP contribution is -2.14. The van der Waals surface area contributed by atoms with Crippen LogP contribution in [0.4, 0.5) is 11.4 Å². The van der Waals surface area contributed by atoms with E-state index in [0.717, 1.165) is 11.0 Å².